The zero-order valence-electron chi connectivity index (χ0n) is 27.7. The first-order valence-electron chi connectivity index (χ1n) is 15.7. The van der Waals surface area contributed by atoms with E-state index in [0.717, 1.165) is 12.8 Å². The Bertz CT molecular complexity index is 1170. The molecule has 4 N–H and O–H groups in total. The molecule has 246 valence electrons. The fourth-order valence-corrected chi connectivity index (χ4v) is 6.39. The summed E-state index contributed by atoms with van der Waals surface area (Å²) in [5.41, 5.74) is -1.23. The molecule has 2 saturated heterocycles. The molecule has 44 heavy (non-hydrogen) atoms. The first kappa shape index (κ1) is 35.0. The SMILES string of the molecule is C=CCNC(=O)C(=O)CNC(=O)[C@@H]1[C@@H]2[C@H](CN1C(=O)[C@@H](NC(=O)N[C@H](CN1CCCCC1=O)C(C)(C)C)C(C)(C)C)C2(C)C. The summed E-state index contributed by atoms with van der Waals surface area (Å²) in [4.78, 5) is 81.0. The number of hydrogen-bond acceptors (Lipinski definition) is 6. The molecule has 12 nitrogen and oxygen atoms in total. The number of nitrogens with zero attached hydrogens (tertiary/aromatic N) is 2. The van der Waals surface area contributed by atoms with Crippen LogP contribution in [0, 0.1) is 28.1 Å². The highest BCUT2D eigenvalue weighted by Gasteiger charge is 2.69. The maximum atomic E-state index is 14.1. The van der Waals surface area contributed by atoms with Crippen LogP contribution in [0.4, 0.5) is 4.79 Å². The lowest BCUT2D eigenvalue weighted by Crippen LogP contribution is -2.62. The number of fused-ring (bicyclic) bond motifs is 1. The third-order valence-corrected chi connectivity index (χ3v) is 9.41. The number of ketones is 1. The summed E-state index contributed by atoms with van der Waals surface area (Å²) in [6.45, 7) is 20.1. The van der Waals surface area contributed by atoms with Gasteiger partial charge in [0.15, 0.2) is 0 Å². The molecule has 0 spiro atoms. The van der Waals surface area contributed by atoms with Gasteiger partial charge in [0, 0.05) is 32.6 Å². The van der Waals surface area contributed by atoms with Crippen LogP contribution in [0.25, 0.3) is 0 Å². The Morgan fingerprint density at radius 3 is 2.23 bits per heavy atom. The number of Topliss-reactive ketones (excluding diaryl/α,β-unsaturated/α-hetero) is 1. The van der Waals surface area contributed by atoms with Crippen molar-refractivity contribution in [1.82, 2.24) is 31.1 Å². The van der Waals surface area contributed by atoms with Gasteiger partial charge in [-0.05, 0) is 40.9 Å². The van der Waals surface area contributed by atoms with E-state index in [-0.39, 0.29) is 47.1 Å². The van der Waals surface area contributed by atoms with E-state index in [2.05, 4.69) is 27.8 Å². The van der Waals surface area contributed by atoms with E-state index in [9.17, 15) is 28.8 Å². The van der Waals surface area contributed by atoms with Crippen molar-refractivity contribution in [3.8, 4) is 0 Å². The molecular weight excluding hydrogens is 564 g/mol. The number of rotatable bonds is 11. The average molecular weight is 617 g/mol. The van der Waals surface area contributed by atoms with Crippen molar-refractivity contribution < 1.29 is 28.8 Å². The van der Waals surface area contributed by atoms with Crippen LogP contribution in [0.1, 0.15) is 74.7 Å². The molecule has 0 unspecified atom stereocenters. The molecule has 0 aromatic heterocycles. The Morgan fingerprint density at radius 1 is 1.00 bits per heavy atom. The van der Waals surface area contributed by atoms with E-state index in [0.29, 0.717) is 26.1 Å². The van der Waals surface area contributed by atoms with E-state index in [1.807, 2.05) is 55.4 Å². The molecule has 12 heteroatoms. The van der Waals surface area contributed by atoms with E-state index in [4.69, 9.17) is 0 Å². The molecule has 3 rings (SSSR count). The van der Waals surface area contributed by atoms with Gasteiger partial charge >= 0.3 is 6.03 Å². The molecule has 0 aromatic carbocycles. The first-order valence-corrected chi connectivity index (χ1v) is 15.7. The second-order valence-corrected chi connectivity index (χ2v) is 15.2. The summed E-state index contributed by atoms with van der Waals surface area (Å²) in [5, 5.41) is 10.9. The van der Waals surface area contributed by atoms with Crippen LogP contribution in [0.15, 0.2) is 12.7 Å². The lowest BCUT2D eigenvalue weighted by atomic mass is 9.84. The first-order chi connectivity index (χ1) is 20.3. The zero-order valence-corrected chi connectivity index (χ0v) is 27.7. The van der Waals surface area contributed by atoms with E-state index >= 15 is 0 Å². The lowest BCUT2D eigenvalue weighted by Gasteiger charge is -2.39. The van der Waals surface area contributed by atoms with Gasteiger partial charge in [-0.15, -0.1) is 6.58 Å². The molecule has 2 aliphatic heterocycles. The molecule has 0 aromatic rings. The van der Waals surface area contributed by atoms with Crippen molar-refractivity contribution in [2.75, 3.05) is 32.7 Å². The number of piperidine rings is 2. The topological polar surface area (TPSA) is 157 Å². The third kappa shape index (κ3) is 7.98. The summed E-state index contributed by atoms with van der Waals surface area (Å²) in [6, 6.07) is -2.68. The largest absolute Gasteiger partial charge is 0.347 e. The third-order valence-electron chi connectivity index (χ3n) is 9.41. The molecule has 6 amide bonds. The number of amides is 6. The van der Waals surface area contributed by atoms with Crippen molar-refractivity contribution in [2.45, 2.75) is 92.8 Å². The lowest BCUT2D eigenvalue weighted by molar-refractivity contribution is -0.144. The van der Waals surface area contributed by atoms with Crippen molar-refractivity contribution in [2.24, 2.45) is 28.1 Å². The highest BCUT2D eigenvalue weighted by molar-refractivity contribution is 6.37. The maximum absolute atomic E-state index is 14.1. The second-order valence-electron chi connectivity index (χ2n) is 15.2. The number of likely N-dealkylation sites (tertiary alicyclic amines) is 2. The minimum Gasteiger partial charge on any atom is -0.347 e. The molecular formula is C32H52N6O6. The second kappa shape index (κ2) is 13.3. The van der Waals surface area contributed by atoms with Gasteiger partial charge in [0.25, 0.3) is 5.91 Å². The highest BCUT2D eigenvalue weighted by Crippen LogP contribution is 2.65. The van der Waals surface area contributed by atoms with Gasteiger partial charge in [-0.1, -0.05) is 61.5 Å². The van der Waals surface area contributed by atoms with Crippen LogP contribution in [0.2, 0.25) is 0 Å². The maximum Gasteiger partial charge on any atom is 0.315 e. The molecule has 1 aliphatic carbocycles. The predicted octanol–water partition coefficient (Wildman–Crippen LogP) is 1.60. The molecule has 1 saturated carbocycles. The Balaban J connectivity index is 1.74. The van der Waals surface area contributed by atoms with Gasteiger partial charge in [0.05, 0.1) is 12.6 Å². The zero-order chi connectivity index (χ0) is 33.2. The van der Waals surface area contributed by atoms with Gasteiger partial charge < -0.3 is 31.1 Å². The summed E-state index contributed by atoms with van der Waals surface area (Å²) in [7, 11) is 0. The molecule has 3 aliphatic rings. The molecule has 0 bridgehead atoms. The van der Waals surface area contributed by atoms with Gasteiger partial charge in [-0.3, -0.25) is 24.0 Å². The summed E-state index contributed by atoms with van der Waals surface area (Å²) >= 11 is 0. The van der Waals surface area contributed by atoms with Crippen molar-refractivity contribution >= 4 is 35.4 Å². The smallest absolute Gasteiger partial charge is 0.315 e. The number of nitrogens with one attached hydrogen (secondary N) is 4. The summed E-state index contributed by atoms with van der Waals surface area (Å²) in [6.07, 6.45) is 3.74. The number of urea groups is 1. The molecule has 3 fully saturated rings. The van der Waals surface area contributed by atoms with Crippen LogP contribution in [0.3, 0.4) is 0 Å². The molecule has 5 atom stereocenters. The van der Waals surface area contributed by atoms with Crippen LogP contribution < -0.4 is 21.3 Å². The highest BCUT2D eigenvalue weighted by atomic mass is 16.2. The monoisotopic (exact) mass is 616 g/mol. The molecule has 0 radical (unpaired) electrons. The van der Waals surface area contributed by atoms with Gasteiger partial charge in [-0.2, -0.15) is 0 Å². The fraction of sp³-hybridized carbons (Fsp3) is 0.750. The number of carbonyl (C=O) groups is 6. The Labute approximate surface area is 261 Å². The number of carbonyl (C=O) groups excluding carboxylic acids is 6. The summed E-state index contributed by atoms with van der Waals surface area (Å²) < 4.78 is 0. The summed E-state index contributed by atoms with van der Waals surface area (Å²) in [5.74, 6) is -2.45. The van der Waals surface area contributed by atoms with Crippen molar-refractivity contribution in [3.05, 3.63) is 12.7 Å². The quantitative estimate of drug-likeness (QED) is 0.204. The van der Waals surface area contributed by atoms with Crippen LogP contribution >= 0.6 is 0 Å². The van der Waals surface area contributed by atoms with E-state index < -0.39 is 47.7 Å². The van der Waals surface area contributed by atoms with Crippen LogP contribution in [0.5, 0.6) is 0 Å². The minimum absolute atomic E-state index is 0.0781. The van der Waals surface area contributed by atoms with Gasteiger partial charge in [0.1, 0.15) is 12.1 Å². The van der Waals surface area contributed by atoms with Crippen LogP contribution in [-0.4, -0.2) is 96.1 Å². The fourth-order valence-electron chi connectivity index (χ4n) is 6.39. The van der Waals surface area contributed by atoms with Gasteiger partial charge in [0.2, 0.25) is 23.5 Å². The van der Waals surface area contributed by atoms with Crippen LogP contribution in [-0.2, 0) is 24.0 Å². The Kier molecular flexibility index (Phi) is 10.6. The predicted molar refractivity (Wildman–Crippen MR) is 166 cm³/mol. The minimum atomic E-state index is -0.957. The average Bonchev–Trinajstić information content (AvgIpc) is 3.24. The molecule has 2 heterocycles. The Hall–Kier alpha value is -3.44. The van der Waals surface area contributed by atoms with Gasteiger partial charge in [-0.25, -0.2) is 4.79 Å². The van der Waals surface area contributed by atoms with E-state index in [1.165, 1.54) is 11.0 Å². The normalized spacial score (nSPS) is 24.0. The Morgan fingerprint density at radius 2 is 1.66 bits per heavy atom. The standard InChI is InChI=1S/C32H52N6O6/c1-10-14-33-26(41)20(39)16-34-27(42)24-23-19(32(23,8)9)17-38(24)28(43)25(31(5,6)7)36-29(44)35-21(30(2,3)4)18-37-15-12-11-13-22(37)40/h10,19,21,23-25H,1,11-18H2,2-9H3,(H,33,41)(H,34,42)(H2,35,36,44)/t19-,21+,23-,24-,25+/m0/s1. The van der Waals surface area contributed by atoms with Crippen molar-refractivity contribution in [3.63, 3.8) is 0 Å². The number of hydrogen-bond donors (Lipinski definition) is 4. The van der Waals surface area contributed by atoms with E-state index in [1.54, 1.807) is 4.90 Å². The van der Waals surface area contributed by atoms with Crippen molar-refractivity contribution in [1.29, 1.82) is 0 Å².